The zero-order chi connectivity index (χ0) is 23.7. The topological polar surface area (TPSA) is 86.9 Å². The number of benzene rings is 2. The van der Waals surface area contributed by atoms with E-state index in [9.17, 15) is 14.0 Å². The van der Waals surface area contributed by atoms with Gasteiger partial charge < -0.3 is 15.6 Å². The number of Topliss-reactive ketones (excluding diaryl/α,β-unsaturated/α-hetero) is 1. The molecule has 1 aliphatic rings. The summed E-state index contributed by atoms with van der Waals surface area (Å²) in [5.41, 5.74) is 6.16. The molecule has 0 bridgehead atoms. The predicted octanol–water partition coefficient (Wildman–Crippen LogP) is 4.65. The fourth-order valence-electron chi connectivity index (χ4n) is 4.35. The summed E-state index contributed by atoms with van der Waals surface area (Å²) in [5.74, 6) is -0.512. The molecule has 0 saturated heterocycles. The van der Waals surface area contributed by atoms with Gasteiger partial charge in [-0.05, 0) is 47.9 Å². The number of aromatic amines is 1. The van der Waals surface area contributed by atoms with E-state index in [1.54, 1.807) is 25.3 Å². The van der Waals surface area contributed by atoms with Crippen molar-refractivity contribution in [1.82, 2.24) is 15.3 Å². The summed E-state index contributed by atoms with van der Waals surface area (Å²) in [6, 6.07) is 17.7. The molecule has 7 heteroatoms. The summed E-state index contributed by atoms with van der Waals surface area (Å²) in [4.78, 5) is 33.3. The lowest BCUT2D eigenvalue weighted by Crippen LogP contribution is -2.29. The minimum absolute atomic E-state index is 0.0545. The van der Waals surface area contributed by atoms with Crippen molar-refractivity contribution in [3.05, 3.63) is 106 Å². The normalized spacial score (nSPS) is 12.9. The molecule has 2 aromatic carbocycles. The van der Waals surface area contributed by atoms with Crippen molar-refractivity contribution in [2.45, 2.75) is 19.9 Å². The standard InChI is InChI=1S/C27H23FN4O2/c1-16-7-8-19(28)13-20(16)27(34)32-24-12-18(9-10-30-24)26-21(11-17-5-3-2-4-6-17)25-22(31-26)14-29-15-23(25)33/h2-10,12-13,29,31H,11,14-15H2,1H3,(H,30,32,34). The Bertz CT molecular complexity index is 1400. The Kier molecular flexibility index (Phi) is 5.77. The van der Waals surface area contributed by atoms with Crippen LogP contribution in [0, 0.1) is 12.7 Å². The molecular weight excluding hydrogens is 431 g/mol. The Morgan fingerprint density at radius 2 is 1.91 bits per heavy atom. The van der Waals surface area contributed by atoms with E-state index in [4.69, 9.17) is 0 Å². The van der Waals surface area contributed by atoms with Crippen molar-refractivity contribution >= 4 is 17.5 Å². The molecule has 0 fully saturated rings. The van der Waals surface area contributed by atoms with Gasteiger partial charge in [0.2, 0.25) is 0 Å². The SMILES string of the molecule is Cc1ccc(F)cc1C(=O)Nc1cc(-c2[nH]c3c(c2Cc2ccccc2)C(=O)CNC3)ccn1. The lowest BCUT2D eigenvalue weighted by Gasteiger charge is -2.13. The highest BCUT2D eigenvalue weighted by Gasteiger charge is 2.26. The lowest BCUT2D eigenvalue weighted by molar-refractivity contribution is 0.0980. The fourth-order valence-corrected chi connectivity index (χ4v) is 4.35. The number of H-pyrrole nitrogens is 1. The number of nitrogens with one attached hydrogen (secondary N) is 3. The first-order valence-electron chi connectivity index (χ1n) is 11.0. The minimum Gasteiger partial charge on any atom is -0.356 e. The number of fused-ring (bicyclic) bond motifs is 1. The van der Waals surface area contributed by atoms with Crippen molar-refractivity contribution in [3.8, 4) is 11.3 Å². The highest BCUT2D eigenvalue weighted by Crippen LogP contribution is 2.33. The van der Waals surface area contributed by atoms with Crippen LogP contribution >= 0.6 is 0 Å². The maximum absolute atomic E-state index is 13.7. The number of carbonyl (C=O) groups is 2. The van der Waals surface area contributed by atoms with Crippen LogP contribution in [0.25, 0.3) is 11.3 Å². The van der Waals surface area contributed by atoms with E-state index >= 15 is 0 Å². The second kappa shape index (κ2) is 9.03. The largest absolute Gasteiger partial charge is 0.356 e. The van der Waals surface area contributed by atoms with E-state index < -0.39 is 11.7 Å². The van der Waals surface area contributed by atoms with Crippen LogP contribution in [0.2, 0.25) is 0 Å². The monoisotopic (exact) mass is 454 g/mol. The number of hydrogen-bond donors (Lipinski definition) is 3. The van der Waals surface area contributed by atoms with E-state index in [1.165, 1.54) is 12.1 Å². The van der Waals surface area contributed by atoms with Crippen LogP contribution in [0.15, 0.2) is 66.9 Å². The van der Waals surface area contributed by atoms with Gasteiger partial charge >= 0.3 is 0 Å². The van der Waals surface area contributed by atoms with Gasteiger partial charge in [0.25, 0.3) is 5.91 Å². The minimum atomic E-state index is -0.474. The third-order valence-corrected chi connectivity index (χ3v) is 6.01. The van der Waals surface area contributed by atoms with Crippen LogP contribution in [0.4, 0.5) is 10.2 Å². The number of carbonyl (C=O) groups excluding carboxylic acids is 2. The maximum Gasteiger partial charge on any atom is 0.257 e. The molecule has 3 heterocycles. The summed E-state index contributed by atoms with van der Waals surface area (Å²) >= 11 is 0. The van der Waals surface area contributed by atoms with E-state index in [2.05, 4.69) is 20.6 Å². The molecule has 170 valence electrons. The molecule has 3 N–H and O–H groups in total. The van der Waals surface area contributed by atoms with E-state index in [0.717, 1.165) is 33.6 Å². The summed E-state index contributed by atoms with van der Waals surface area (Å²) in [6.07, 6.45) is 2.20. The van der Waals surface area contributed by atoms with Crippen molar-refractivity contribution in [3.63, 3.8) is 0 Å². The van der Waals surface area contributed by atoms with Gasteiger partial charge in [-0.15, -0.1) is 0 Å². The molecule has 0 radical (unpaired) electrons. The van der Waals surface area contributed by atoms with Crippen molar-refractivity contribution in [1.29, 1.82) is 0 Å². The van der Waals surface area contributed by atoms with Gasteiger partial charge in [0.1, 0.15) is 11.6 Å². The Hall–Kier alpha value is -4.10. The predicted molar refractivity (Wildman–Crippen MR) is 128 cm³/mol. The number of halogens is 1. The van der Waals surface area contributed by atoms with E-state index in [-0.39, 0.29) is 11.3 Å². The molecule has 34 heavy (non-hydrogen) atoms. The number of anilines is 1. The molecule has 6 nitrogen and oxygen atoms in total. The third-order valence-electron chi connectivity index (χ3n) is 6.01. The highest BCUT2D eigenvalue weighted by atomic mass is 19.1. The smallest absolute Gasteiger partial charge is 0.257 e. The molecule has 5 rings (SSSR count). The molecule has 1 amide bonds. The second-order valence-corrected chi connectivity index (χ2v) is 8.36. The zero-order valence-corrected chi connectivity index (χ0v) is 18.6. The van der Waals surface area contributed by atoms with E-state index in [0.29, 0.717) is 30.9 Å². The van der Waals surface area contributed by atoms with Crippen LogP contribution < -0.4 is 10.6 Å². The van der Waals surface area contributed by atoms with E-state index in [1.807, 2.05) is 36.4 Å². The van der Waals surface area contributed by atoms with Gasteiger partial charge in [0, 0.05) is 41.5 Å². The average molecular weight is 455 g/mol. The molecule has 1 aliphatic heterocycles. The Morgan fingerprint density at radius 1 is 1.09 bits per heavy atom. The van der Waals surface area contributed by atoms with Crippen LogP contribution in [0.1, 0.15) is 43.1 Å². The number of rotatable bonds is 5. The quantitative estimate of drug-likeness (QED) is 0.410. The molecule has 0 unspecified atom stereocenters. The number of aryl methyl sites for hydroxylation is 1. The molecule has 4 aromatic rings. The number of ketones is 1. The van der Waals surface area contributed by atoms with Crippen molar-refractivity contribution in [2.75, 3.05) is 11.9 Å². The van der Waals surface area contributed by atoms with Crippen LogP contribution in [0.5, 0.6) is 0 Å². The lowest BCUT2D eigenvalue weighted by atomic mass is 9.94. The highest BCUT2D eigenvalue weighted by molar-refractivity contribution is 6.05. The van der Waals surface area contributed by atoms with Gasteiger partial charge in [0.15, 0.2) is 5.78 Å². The van der Waals surface area contributed by atoms with Crippen LogP contribution in [-0.4, -0.2) is 28.2 Å². The first-order chi connectivity index (χ1) is 16.5. The van der Waals surface area contributed by atoms with Crippen molar-refractivity contribution in [2.24, 2.45) is 0 Å². The third kappa shape index (κ3) is 4.25. The summed E-state index contributed by atoms with van der Waals surface area (Å²) in [6.45, 7) is 2.63. The fraction of sp³-hybridized carbons (Fsp3) is 0.148. The Labute approximate surface area is 196 Å². The van der Waals surface area contributed by atoms with Gasteiger partial charge in [-0.1, -0.05) is 36.4 Å². The number of pyridine rings is 1. The molecule has 2 aromatic heterocycles. The van der Waals surface area contributed by atoms with Crippen molar-refractivity contribution < 1.29 is 14.0 Å². The number of aromatic nitrogens is 2. The summed E-state index contributed by atoms with van der Waals surface area (Å²) in [5, 5.41) is 5.90. The van der Waals surface area contributed by atoms with Crippen LogP contribution in [0.3, 0.4) is 0 Å². The Morgan fingerprint density at radius 3 is 2.74 bits per heavy atom. The first-order valence-corrected chi connectivity index (χ1v) is 11.0. The molecule has 0 atom stereocenters. The second-order valence-electron chi connectivity index (χ2n) is 8.36. The van der Waals surface area contributed by atoms with Gasteiger partial charge in [0.05, 0.1) is 12.2 Å². The van der Waals surface area contributed by atoms with Gasteiger partial charge in [-0.3, -0.25) is 9.59 Å². The Balaban J connectivity index is 1.52. The first kappa shape index (κ1) is 21.7. The molecular formula is C27H23FN4O2. The van der Waals surface area contributed by atoms with Gasteiger partial charge in [-0.25, -0.2) is 9.37 Å². The number of amides is 1. The summed E-state index contributed by atoms with van der Waals surface area (Å²) in [7, 11) is 0. The zero-order valence-electron chi connectivity index (χ0n) is 18.6. The number of hydrogen-bond acceptors (Lipinski definition) is 4. The summed E-state index contributed by atoms with van der Waals surface area (Å²) < 4.78 is 13.7. The maximum atomic E-state index is 13.7. The average Bonchev–Trinajstić information content (AvgIpc) is 3.21. The molecule has 0 aliphatic carbocycles. The van der Waals surface area contributed by atoms with Gasteiger partial charge in [-0.2, -0.15) is 0 Å². The molecule has 0 saturated carbocycles. The molecule has 0 spiro atoms. The number of nitrogens with zero attached hydrogens (tertiary/aromatic N) is 1. The van der Waals surface area contributed by atoms with Crippen LogP contribution in [-0.2, 0) is 13.0 Å².